The second-order valence-corrected chi connectivity index (χ2v) is 13.2. The Balaban J connectivity index is 1.37. The number of imide groups is 1. The summed E-state index contributed by atoms with van der Waals surface area (Å²) in [6, 6.07) is 11.6. The summed E-state index contributed by atoms with van der Waals surface area (Å²) in [7, 11) is -4.01. The summed E-state index contributed by atoms with van der Waals surface area (Å²) < 4.78 is 32.6. The molecule has 3 heterocycles. The molecule has 15 nitrogen and oxygen atoms in total. The summed E-state index contributed by atoms with van der Waals surface area (Å²) >= 11 is 0. The van der Waals surface area contributed by atoms with Gasteiger partial charge < -0.3 is 15.0 Å². The lowest BCUT2D eigenvalue weighted by Crippen LogP contribution is -2.57. The number of nitrogens with zero attached hydrogens (tertiary/aromatic N) is 4. The van der Waals surface area contributed by atoms with Gasteiger partial charge in [0.1, 0.15) is 31.1 Å². The van der Waals surface area contributed by atoms with E-state index in [0.29, 0.717) is 18.4 Å². The van der Waals surface area contributed by atoms with Crippen LogP contribution in [0.3, 0.4) is 0 Å². The zero-order valence-corrected chi connectivity index (χ0v) is 26.4. The number of hydrazine groups is 1. The number of hydrogen-bond acceptors (Lipinski definition) is 10. The number of imidazole rings is 1. The van der Waals surface area contributed by atoms with Crippen molar-refractivity contribution in [1.82, 2.24) is 29.5 Å². The summed E-state index contributed by atoms with van der Waals surface area (Å²) in [5, 5.41) is 2.63. The number of benzene rings is 2. The molecule has 5 amide bonds. The topological polar surface area (TPSA) is 203 Å². The number of nitrogens with one attached hydrogen (secondary N) is 2. The predicted molar refractivity (Wildman–Crippen MR) is 165 cm³/mol. The molecule has 0 saturated carbocycles. The largest absolute Gasteiger partial charge is 0.444 e. The molecule has 0 aliphatic carbocycles. The van der Waals surface area contributed by atoms with Crippen LogP contribution in [0.4, 0.5) is 4.79 Å². The van der Waals surface area contributed by atoms with Crippen molar-refractivity contribution in [2.24, 2.45) is 5.84 Å². The third-order valence-electron chi connectivity index (χ3n) is 8.14. The number of aryl methyl sites for hydroxylation is 1. The Labute approximate surface area is 271 Å². The number of rotatable bonds is 10. The highest BCUT2D eigenvalue weighted by atomic mass is 32.2. The van der Waals surface area contributed by atoms with Crippen LogP contribution in [0.5, 0.6) is 0 Å². The molecule has 5 rings (SSSR count). The summed E-state index contributed by atoms with van der Waals surface area (Å²) in [5.74, 6) is 2.72. The molecule has 3 aromatic rings. The Hall–Kier alpha value is -5.09. The van der Waals surface area contributed by atoms with Crippen LogP contribution in [0.15, 0.2) is 72.0 Å². The number of hydrogen-bond donors (Lipinski definition) is 3. The Morgan fingerprint density at radius 1 is 1.02 bits per heavy atom. The van der Waals surface area contributed by atoms with Crippen LogP contribution < -0.4 is 16.6 Å². The van der Waals surface area contributed by atoms with Gasteiger partial charge in [-0.15, -0.1) is 0 Å². The minimum atomic E-state index is -4.01. The quantitative estimate of drug-likeness (QED) is 0.158. The maximum atomic E-state index is 13.9. The molecule has 3 atom stereocenters. The number of likely N-dealkylation sites (tertiary alicyclic amines) is 2. The number of ether oxygens (including phenoxy) is 1. The SMILES string of the molecule is Cc1ccc(S(=O)(=O)n2cnc(CC(NC(=O)C3CCC(=O)N3C(=O)OCc3ccccc3)C(=O)N3CCCC3C(=O)NN)c2)cc1. The van der Waals surface area contributed by atoms with Gasteiger partial charge in [-0.2, -0.15) is 0 Å². The van der Waals surface area contributed by atoms with Gasteiger partial charge in [0.05, 0.1) is 10.6 Å². The minimum Gasteiger partial charge on any atom is -0.444 e. The summed E-state index contributed by atoms with van der Waals surface area (Å²) in [4.78, 5) is 71.9. The third kappa shape index (κ3) is 7.33. The first kappa shape index (κ1) is 33.3. The number of carbonyl (C=O) groups excluding carboxylic acids is 5. The van der Waals surface area contributed by atoms with E-state index in [2.05, 4.69) is 15.7 Å². The average Bonchev–Trinajstić information content (AvgIpc) is 3.84. The molecule has 0 bridgehead atoms. The van der Waals surface area contributed by atoms with Crippen molar-refractivity contribution in [3.8, 4) is 0 Å². The Morgan fingerprint density at radius 3 is 2.45 bits per heavy atom. The van der Waals surface area contributed by atoms with Gasteiger partial charge in [-0.25, -0.2) is 32.9 Å². The molecule has 3 unspecified atom stereocenters. The zero-order chi connectivity index (χ0) is 33.7. The van der Waals surface area contributed by atoms with Gasteiger partial charge >= 0.3 is 6.09 Å². The molecule has 2 aliphatic heterocycles. The van der Waals surface area contributed by atoms with Gasteiger partial charge in [0.2, 0.25) is 17.7 Å². The molecule has 2 aliphatic rings. The highest BCUT2D eigenvalue weighted by molar-refractivity contribution is 7.90. The van der Waals surface area contributed by atoms with E-state index in [1.165, 1.54) is 23.2 Å². The van der Waals surface area contributed by atoms with Crippen molar-refractivity contribution < 1.29 is 37.1 Å². The van der Waals surface area contributed by atoms with Crippen molar-refractivity contribution in [3.05, 3.63) is 83.9 Å². The molecule has 2 aromatic carbocycles. The fraction of sp³-hybridized carbons (Fsp3) is 0.355. The lowest BCUT2D eigenvalue weighted by molar-refractivity contribution is -0.142. The standard InChI is InChI=1S/C31H35N7O8S/c1-20-9-11-23(12-10-20)47(44,45)36-17-22(33-19-36)16-24(30(42)37-15-5-8-25(37)29(41)35-32)34-28(40)26-13-14-27(39)38(26)31(43)46-18-21-6-3-2-4-7-21/h2-4,6-7,9-12,17,19,24-26H,5,8,13-16,18,32H2,1H3,(H,34,40)(H,35,41). The second-order valence-electron chi connectivity index (χ2n) is 11.3. The maximum Gasteiger partial charge on any atom is 0.417 e. The van der Waals surface area contributed by atoms with Gasteiger partial charge in [-0.05, 0) is 43.9 Å². The van der Waals surface area contributed by atoms with Gasteiger partial charge in [0.15, 0.2) is 0 Å². The average molecular weight is 666 g/mol. The molecule has 248 valence electrons. The molecular formula is C31H35N7O8S. The van der Waals surface area contributed by atoms with Gasteiger partial charge in [-0.3, -0.25) is 24.6 Å². The van der Waals surface area contributed by atoms with E-state index in [1.807, 2.05) is 6.92 Å². The lowest BCUT2D eigenvalue weighted by Gasteiger charge is -2.29. The predicted octanol–water partition coefficient (Wildman–Crippen LogP) is 0.765. The Bertz CT molecular complexity index is 1760. The third-order valence-corrected chi connectivity index (χ3v) is 9.76. The van der Waals surface area contributed by atoms with Crippen LogP contribution in [0.2, 0.25) is 0 Å². The van der Waals surface area contributed by atoms with E-state index in [9.17, 15) is 32.4 Å². The fourth-order valence-corrected chi connectivity index (χ4v) is 6.79. The van der Waals surface area contributed by atoms with E-state index in [4.69, 9.17) is 10.6 Å². The normalized spacial score (nSPS) is 18.6. The number of aromatic nitrogens is 2. The highest BCUT2D eigenvalue weighted by Gasteiger charge is 2.44. The first-order valence-corrected chi connectivity index (χ1v) is 16.4. The van der Waals surface area contributed by atoms with Crippen LogP contribution in [-0.2, 0) is 47.0 Å². The van der Waals surface area contributed by atoms with E-state index in [-0.39, 0.29) is 43.0 Å². The molecular weight excluding hydrogens is 630 g/mol. The fourth-order valence-electron chi connectivity index (χ4n) is 5.64. The minimum absolute atomic E-state index is 0.00263. The highest BCUT2D eigenvalue weighted by Crippen LogP contribution is 2.23. The summed E-state index contributed by atoms with van der Waals surface area (Å²) in [6.45, 7) is 1.92. The van der Waals surface area contributed by atoms with E-state index in [1.54, 1.807) is 42.5 Å². The zero-order valence-electron chi connectivity index (χ0n) is 25.6. The Morgan fingerprint density at radius 2 is 1.74 bits per heavy atom. The van der Waals surface area contributed by atoms with E-state index in [0.717, 1.165) is 20.8 Å². The van der Waals surface area contributed by atoms with E-state index >= 15 is 0 Å². The molecule has 47 heavy (non-hydrogen) atoms. The molecule has 0 spiro atoms. The van der Waals surface area contributed by atoms with Crippen molar-refractivity contribution >= 4 is 39.7 Å². The van der Waals surface area contributed by atoms with Crippen LogP contribution in [0.25, 0.3) is 0 Å². The lowest BCUT2D eigenvalue weighted by atomic mass is 10.1. The monoisotopic (exact) mass is 665 g/mol. The van der Waals surface area contributed by atoms with Crippen LogP contribution >= 0.6 is 0 Å². The molecule has 4 N–H and O–H groups in total. The number of carbonyl (C=O) groups is 5. The van der Waals surface area contributed by atoms with Crippen molar-refractivity contribution in [1.29, 1.82) is 0 Å². The van der Waals surface area contributed by atoms with Crippen molar-refractivity contribution in [2.45, 2.75) is 68.7 Å². The first-order chi connectivity index (χ1) is 22.5. The van der Waals surface area contributed by atoms with E-state index < -0.39 is 57.9 Å². The van der Waals surface area contributed by atoms with Crippen LogP contribution in [0, 0.1) is 6.92 Å². The summed E-state index contributed by atoms with van der Waals surface area (Å²) in [5.41, 5.74) is 3.77. The molecule has 0 radical (unpaired) electrons. The van der Waals surface area contributed by atoms with Crippen LogP contribution in [0.1, 0.15) is 42.5 Å². The molecule has 16 heteroatoms. The van der Waals surface area contributed by atoms with Gasteiger partial charge in [0.25, 0.3) is 15.9 Å². The molecule has 1 aromatic heterocycles. The Kier molecular flexibility index (Phi) is 10.0. The van der Waals surface area contributed by atoms with Crippen LogP contribution in [-0.4, -0.2) is 81.6 Å². The summed E-state index contributed by atoms with van der Waals surface area (Å²) in [6.07, 6.45) is 1.83. The second kappa shape index (κ2) is 14.1. The molecule has 2 saturated heterocycles. The van der Waals surface area contributed by atoms with Crippen molar-refractivity contribution in [2.75, 3.05) is 6.54 Å². The molecule has 2 fully saturated rings. The smallest absolute Gasteiger partial charge is 0.417 e. The van der Waals surface area contributed by atoms with Crippen molar-refractivity contribution in [3.63, 3.8) is 0 Å². The van der Waals surface area contributed by atoms with Gasteiger partial charge in [0, 0.05) is 25.6 Å². The number of amides is 5. The maximum absolute atomic E-state index is 13.9. The first-order valence-electron chi connectivity index (χ1n) is 15.0. The number of nitrogens with two attached hydrogens (primary N) is 1. The van der Waals surface area contributed by atoms with Gasteiger partial charge in [-0.1, -0.05) is 48.0 Å².